The Labute approximate surface area is 130 Å². The molecule has 3 aromatic rings. The molecule has 3 aromatic heterocycles. The van der Waals surface area contributed by atoms with E-state index in [1.54, 1.807) is 19.6 Å². The number of rotatable bonds is 6. The van der Waals surface area contributed by atoms with Crippen molar-refractivity contribution in [3.8, 4) is 0 Å². The molecule has 0 unspecified atom stereocenters. The van der Waals surface area contributed by atoms with Crippen molar-refractivity contribution in [2.24, 2.45) is 0 Å². The van der Waals surface area contributed by atoms with Gasteiger partial charge in [0.1, 0.15) is 12.0 Å². The highest BCUT2D eigenvalue weighted by molar-refractivity contribution is 7.15. The maximum atomic E-state index is 12.3. The third kappa shape index (κ3) is 2.85. The fourth-order valence-corrected chi connectivity index (χ4v) is 2.83. The Bertz CT molecular complexity index is 748. The summed E-state index contributed by atoms with van der Waals surface area (Å²) >= 11 is 1.49. The van der Waals surface area contributed by atoms with Crippen molar-refractivity contribution >= 4 is 22.2 Å². The number of hydrogen-bond donors (Lipinski definition) is 1. The van der Waals surface area contributed by atoms with E-state index in [9.17, 15) is 4.79 Å². The second kappa shape index (κ2) is 6.24. The van der Waals surface area contributed by atoms with E-state index in [1.807, 2.05) is 27.5 Å². The molecule has 0 spiro atoms. The van der Waals surface area contributed by atoms with Gasteiger partial charge < -0.3 is 14.6 Å². The Morgan fingerprint density at radius 3 is 3.18 bits per heavy atom. The molecule has 1 amide bonds. The van der Waals surface area contributed by atoms with Gasteiger partial charge in [-0.3, -0.25) is 9.20 Å². The van der Waals surface area contributed by atoms with Crippen molar-refractivity contribution in [1.82, 2.24) is 29.5 Å². The van der Waals surface area contributed by atoms with Gasteiger partial charge in [0.2, 0.25) is 0 Å². The first-order chi connectivity index (χ1) is 10.7. The number of amides is 1. The first-order valence-electron chi connectivity index (χ1n) is 6.78. The fraction of sp³-hybridized carbons (Fsp3) is 0.385. The lowest BCUT2D eigenvalue weighted by molar-refractivity contribution is 0.0932. The summed E-state index contributed by atoms with van der Waals surface area (Å²) in [6, 6.07) is -0.272. The molecule has 9 heteroatoms. The van der Waals surface area contributed by atoms with Crippen molar-refractivity contribution in [1.29, 1.82) is 0 Å². The van der Waals surface area contributed by atoms with Crippen LogP contribution in [-0.4, -0.2) is 43.8 Å². The summed E-state index contributed by atoms with van der Waals surface area (Å²) < 4.78 is 8.74. The molecule has 8 nitrogen and oxygen atoms in total. The molecule has 0 saturated carbocycles. The number of aromatic nitrogens is 5. The molecule has 0 saturated heterocycles. The van der Waals surface area contributed by atoms with Crippen LogP contribution in [0, 0.1) is 0 Å². The van der Waals surface area contributed by atoms with E-state index in [1.165, 1.54) is 11.3 Å². The minimum Gasteiger partial charge on any atom is -0.383 e. The Hall–Kier alpha value is -2.26. The normalized spacial score (nSPS) is 12.6. The topological polar surface area (TPSA) is 86.3 Å². The standard InChI is InChI=1S/C13H16N6O2S/c1-9(11-17-14-8-19(11)3-5-21-2)15-12(20)10-7-18-4-6-22-13(18)16-10/h4,6-9H,3,5H2,1-2H3,(H,15,20)/t9-/m1/s1. The van der Waals surface area contributed by atoms with Gasteiger partial charge in [-0.2, -0.15) is 0 Å². The van der Waals surface area contributed by atoms with Crippen LogP contribution in [-0.2, 0) is 11.3 Å². The molecule has 3 rings (SSSR count). The van der Waals surface area contributed by atoms with Gasteiger partial charge in [-0.25, -0.2) is 4.98 Å². The summed E-state index contributed by atoms with van der Waals surface area (Å²) in [4.78, 5) is 17.4. The van der Waals surface area contributed by atoms with Crippen LogP contribution in [0.15, 0.2) is 24.1 Å². The molecule has 0 bridgehead atoms. The van der Waals surface area contributed by atoms with Gasteiger partial charge in [-0.05, 0) is 6.92 Å². The quantitative estimate of drug-likeness (QED) is 0.735. The van der Waals surface area contributed by atoms with E-state index in [2.05, 4.69) is 20.5 Å². The summed E-state index contributed by atoms with van der Waals surface area (Å²) in [5.74, 6) is 0.455. The van der Waals surface area contributed by atoms with Crippen molar-refractivity contribution in [3.63, 3.8) is 0 Å². The highest BCUT2D eigenvalue weighted by atomic mass is 32.1. The van der Waals surface area contributed by atoms with Gasteiger partial charge in [0.15, 0.2) is 10.8 Å². The van der Waals surface area contributed by atoms with Crippen molar-refractivity contribution < 1.29 is 9.53 Å². The molecule has 0 aliphatic rings. The van der Waals surface area contributed by atoms with Gasteiger partial charge in [-0.15, -0.1) is 21.5 Å². The van der Waals surface area contributed by atoms with Crippen molar-refractivity contribution in [2.75, 3.05) is 13.7 Å². The molecule has 1 N–H and O–H groups in total. The average Bonchev–Trinajstić information content (AvgIpc) is 3.19. The number of hydrogen-bond acceptors (Lipinski definition) is 6. The Morgan fingerprint density at radius 1 is 1.55 bits per heavy atom. The maximum Gasteiger partial charge on any atom is 0.272 e. The molecule has 0 radical (unpaired) electrons. The van der Waals surface area contributed by atoms with Crippen LogP contribution in [0.5, 0.6) is 0 Å². The Balaban J connectivity index is 1.70. The molecule has 1 atom stereocenters. The molecule has 0 fully saturated rings. The van der Waals surface area contributed by atoms with Crippen molar-refractivity contribution in [2.45, 2.75) is 19.5 Å². The zero-order chi connectivity index (χ0) is 15.5. The fourth-order valence-electron chi connectivity index (χ4n) is 2.13. The average molecular weight is 320 g/mol. The van der Waals surface area contributed by atoms with Gasteiger partial charge in [0, 0.05) is 31.4 Å². The van der Waals surface area contributed by atoms with Crippen LogP contribution in [0.25, 0.3) is 4.96 Å². The monoisotopic (exact) mass is 320 g/mol. The minimum absolute atomic E-state index is 0.232. The number of nitrogens with zero attached hydrogens (tertiary/aromatic N) is 5. The van der Waals surface area contributed by atoms with Gasteiger partial charge in [0.25, 0.3) is 5.91 Å². The third-order valence-electron chi connectivity index (χ3n) is 3.24. The van der Waals surface area contributed by atoms with Gasteiger partial charge >= 0.3 is 0 Å². The van der Waals surface area contributed by atoms with E-state index in [-0.39, 0.29) is 11.9 Å². The molecule has 3 heterocycles. The van der Waals surface area contributed by atoms with E-state index in [4.69, 9.17) is 4.74 Å². The van der Waals surface area contributed by atoms with Crippen LogP contribution in [0.1, 0.15) is 29.3 Å². The third-order valence-corrected chi connectivity index (χ3v) is 4.01. The van der Waals surface area contributed by atoms with E-state index in [0.29, 0.717) is 24.7 Å². The predicted octanol–water partition coefficient (Wildman–Crippen LogP) is 1.12. The van der Waals surface area contributed by atoms with Crippen LogP contribution in [0.2, 0.25) is 0 Å². The lowest BCUT2D eigenvalue weighted by Crippen LogP contribution is -2.29. The zero-order valence-electron chi connectivity index (χ0n) is 12.3. The lowest BCUT2D eigenvalue weighted by Gasteiger charge is -2.13. The smallest absolute Gasteiger partial charge is 0.272 e. The highest BCUT2D eigenvalue weighted by Crippen LogP contribution is 2.13. The molecule has 0 aliphatic heterocycles. The van der Waals surface area contributed by atoms with Gasteiger partial charge in [-0.1, -0.05) is 0 Å². The van der Waals surface area contributed by atoms with Crippen molar-refractivity contribution in [3.05, 3.63) is 35.6 Å². The number of imidazole rings is 1. The number of ether oxygens (including phenoxy) is 1. The number of carbonyl (C=O) groups is 1. The van der Waals surface area contributed by atoms with Gasteiger partial charge in [0.05, 0.1) is 12.6 Å². The largest absolute Gasteiger partial charge is 0.383 e. The summed E-state index contributed by atoms with van der Waals surface area (Å²) in [6.07, 6.45) is 5.21. The minimum atomic E-state index is -0.272. The first kappa shape index (κ1) is 14.7. The van der Waals surface area contributed by atoms with Crippen LogP contribution >= 0.6 is 11.3 Å². The molecule has 116 valence electrons. The van der Waals surface area contributed by atoms with E-state index < -0.39 is 0 Å². The summed E-state index contributed by atoms with van der Waals surface area (Å²) in [5.41, 5.74) is 0.390. The predicted molar refractivity (Wildman–Crippen MR) is 80.8 cm³/mol. The second-order valence-electron chi connectivity index (χ2n) is 4.79. The SMILES string of the molecule is COCCn1cnnc1[C@@H](C)NC(=O)c1cn2ccsc2n1. The molecule has 0 aliphatic carbocycles. The zero-order valence-corrected chi connectivity index (χ0v) is 13.1. The van der Waals surface area contributed by atoms with Crippen LogP contribution < -0.4 is 5.32 Å². The van der Waals surface area contributed by atoms with Crippen LogP contribution in [0.3, 0.4) is 0 Å². The number of thiazole rings is 1. The molecular weight excluding hydrogens is 304 g/mol. The number of methoxy groups -OCH3 is 1. The summed E-state index contributed by atoms with van der Waals surface area (Å²) in [6.45, 7) is 3.06. The maximum absolute atomic E-state index is 12.3. The molecule has 0 aromatic carbocycles. The number of nitrogens with one attached hydrogen (secondary N) is 1. The highest BCUT2D eigenvalue weighted by Gasteiger charge is 2.18. The van der Waals surface area contributed by atoms with E-state index >= 15 is 0 Å². The molecule has 22 heavy (non-hydrogen) atoms. The summed E-state index contributed by atoms with van der Waals surface area (Å²) in [7, 11) is 1.64. The first-order valence-corrected chi connectivity index (χ1v) is 7.66. The Kier molecular flexibility index (Phi) is 4.16. The molecular formula is C13H16N6O2S. The number of fused-ring (bicyclic) bond motifs is 1. The summed E-state index contributed by atoms with van der Waals surface area (Å²) in [5, 5.41) is 12.8. The van der Waals surface area contributed by atoms with Crippen LogP contribution in [0.4, 0.5) is 0 Å². The Morgan fingerprint density at radius 2 is 2.41 bits per heavy atom. The lowest BCUT2D eigenvalue weighted by atomic mass is 10.3. The second-order valence-corrected chi connectivity index (χ2v) is 5.66. The van der Waals surface area contributed by atoms with E-state index in [0.717, 1.165) is 4.96 Å². The number of carbonyl (C=O) groups excluding carboxylic acids is 1.